The zero-order valence-electron chi connectivity index (χ0n) is 12.8. The Morgan fingerprint density at radius 2 is 1.92 bits per heavy atom. The molecule has 0 bridgehead atoms. The number of methoxy groups -OCH3 is 1. The van der Waals surface area contributed by atoms with Crippen LogP contribution in [0.4, 0.5) is 5.69 Å². The van der Waals surface area contributed by atoms with E-state index in [1.807, 2.05) is 6.07 Å². The summed E-state index contributed by atoms with van der Waals surface area (Å²) in [6.45, 7) is -0.425. The van der Waals surface area contributed by atoms with Crippen molar-refractivity contribution in [1.29, 1.82) is 5.26 Å². The number of hydrogen-bond donors (Lipinski definition) is 2. The standard InChI is InChI=1S/C16H15N3O4S/c1-23-14-5-7-15(8-6-14)24(21,22)18-11-16(20)19-13-4-2-3-12(9-13)10-17/h2-9,18H,11H2,1H3,(H,19,20). The highest BCUT2D eigenvalue weighted by molar-refractivity contribution is 7.89. The number of amides is 1. The van der Waals surface area contributed by atoms with E-state index in [1.165, 1.54) is 37.4 Å². The Labute approximate surface area is 139 Å². The van der Waals surface area contributed by atoms with Gasteiger partial charge in [0.15, 0.2) is 0 Å². The molecule has 0 spiro atoms. The van der Waals surface area contributed by atoms with E-state index in [9.17, 15) is 13.2 Å². The predicted octanol–water partition coefficient (Wildman–Crippen LogP) is 1.48. The summed E-state index contributed by atoms with van der Waals surface area (Å²) in [7, 11) is -2.32. The van der Waals surface area contributed by atoms with Crippen molar-refractivity contribution >= 4 is 21.6 Å². The lowest BCUT2D eigenvalue weighted by atomic mass is 10.2. The van der Waals surface area contributed by atoms with Gasteiger partial charge in [-0.15, -0.1) is 0 Å². The number of rotatable bonds is 6. The van der Waals surface area contributed by atoms with Crippen LogP contribution in [0.3, 0.4) is 0 Å². The van der Waals surface area contributed by atoms with Crippen LogP contribution in [0, 0.1) is 11.3 Å². The zero-order valence-corrected chi connectivity index (χ0v) is 13.6. The second-order valence-electron chi connectivity index (χ2n) is 4.74. The molecule has 124 valence electrons. The molecule has 0 aromatic heterocycles. The van der Waals surface area contributed by atoms with Crippen molar-refractivity contribution in [2.24, 2.45) is 0 Å². The predicted molar refractivity (Wildman–Crippen MR) is 88.0 cm³/mol. The summed E-state index contributed by atoms with van der Waals surface area (Å²) in [5, 5.41) is 11.3. The lowest BCUT2D eigenvalue weighted by Crippen LogP contribution is -2.32. The highest BCUT2D eigenvalue weighted by atomic mass is 32.2. The molecule has 0 heterocycles. The molecular formula is C16H15N3O4S. The van der Waals surface area contributed by atoms with E-state index < -0.39 is 22.5 Å². The number of ether oxygens (including phenoxy) is 1. The van der Waals surface area contributed by atoms with Crippen LogP contribution in [0.5, 0.6) is 5.75 Å². The van der Waals surface area contributed by atoms with Gasteiger partial charge in [-0.2, -0.15) is 5.26 Å². The van der Waals surface area contributed by atoms with Crippen LogP contribution in [0.1, 0.15) is 5.56 Å². The third-order valence-corrected chi connectivity index (χ3v) is 4.49. The molecule has 24 heavy (non-hydrogen) atoms. The van der Waals surface area contributed by atoms with Crippen molar-refractivity contribution in [3.05, 3.63) is 54.1 Å². The Hall–Kier alpha value is -2.89. The van der Waals surface area contributed by atoms with Crippen molar-refractivity contribution < 1.29 is 17.9 Å². The number of carbonyl (C=O) groups excluding carboxylic acids is 1. The highest BCUT2D eigenvalue weighted by Crippen LogP contribution is 2.15. The topological polar surface area (TPSA) is 108 Å². The van der Waals surface area contributed by atoms with Crippen molar-refractivity contribution in [3.8, 4) is 11.8 Å². The molecule has 2 rings (SSSR count). The number of nitrogens with zero attached hydrogens (tertiary/aromatic N) is 1. The van der Waals surface area contributed by atoms with Crippen molar-refractivity contribution in [2.45, 2.75) is 4.90 Å². The Kier molecular flexibility index (Phi) is 5.52. The molecule has 0 unspecified atom stereocenters. The van der Waals surface area contributed by atoms with Gasteiger partial charge in [0, 0.05) is 5.69 Å². The van der Waals surface area contributed by atoms with Gasteiger partial charge in [-0.3, -0.25) is 4.79 Å². The number of sulfonamides is 1. The van der Waals surface area contributed by atoms with E-state index in [2.05, 4.69) is 10.0 Å². The molecule has 0 fully saturated rings. The lowest BCUT2D eigenvalue weighted by molar-refractivity contribution is -0.115. The second-order valence-corrected chi connectivity index (χ2v) is 6.51. The molecular weight excluding hydrogens is 330 g/mol. The Morgan fingerprint density at radius 3 is 2.54 bits per heavy atom. The summed E-state index contributed by atoms with van der Waals surface area (Å²) >= 11 is 0. The number of nitriles is 1. The van der Waals surface area contributed by atoms with Gasteiger partial charge < -0.3 is 10.1 Å². The molecule has 2 N–H and O–H groups in total. The minimum Gasteiger partial charge on any atom is -0.497 e. The summed E-state index contributed by atoms with van der Waals surface area (Å²) in [4.78, 5) is 11.9. The van der Waals surface area contributed by atoms with Crippen LogP contribution in [-0.4, -0.2) is 28.0 Å². The fourth-order valence-corrected chi connectivity index (χ4v) is 2.85. The van der Waals surface area contributed by atoms with E-state index in [-0.39, 0.29) is 4.90 Å². The fourth-order valence-electron chi connectivity index (χ4n) is 1.87. The minimum absolute atomic E-state index is 0.0302. The Morgan fingerprint density at radius 1 is 1.21 bits per heavy atom. The van der Waals surface area contributed by atoms with Gasteiger partial charge in [0.25, 0.3) is 0 Å². The van der Waals surface area contributed by atoms with Crippen LogP contribution < -0.4 is 14.8 Å². The van der Waals surface area contributed by atoms with Crippen molar-refractivity contribution in [1.82, 2.24) is 4.72 Å². The largest absolute Gasteiger partial charge is 0.497 e. The molecule has 0 aliphatic rings. The molecule has 8 heteroatoms. The number of anilines is 1. The molecule has 0 saturated carbocycles. The summed E-state index contributed by atoms with van der Waals surface area (Å²) in [6.07, 6.45) is 0. The van der Waals surface area contributed by atoms with Crippen LogP contribution in [0.2, 0.25) is 0 Å². The van der Waals surface area contributed by atoms with E-state index in [4.69, 9.17) is 10.00 Å². The smallest absolute Gasteiger partial charge is 0.241 e. The maximum atomic E-state index is 12.1. The van der Waals surface area contributed by atoms with E-state index in [1.54, 1.807) is 18.2 Å². The normalized spacial score (nSPS) is 10.7. The average molecular weight is 345 g/mol. The molecule has 0 radical (unpaired) electrons. The third kappa shape index (κ3) is 4.55. The summed E-state index contributed by atoms with van der Waals surface area (Å²) in [6, 6.07) is 14.1. The SMILES string of the molecule is COc1ccc(S(=O)(=O)NCC(=O)Nc2cccc(C#N)c2)cc1. The van der Waals surface area contributed by atoms with E-state index in [0.29, 0.717) is 17.0 Å². The first-order valence-corrected chi connectivity index (χ1v) is 8.36. The third-order valence-electron chi connectivity index (χ3n) is 3.07. The molecule has 7 nitrogen and oxygen atoms in total. The molecule has 0 aliphatic heterocycles. The Bertz CT molecular complexity index is 871. The number of nitrogens with one attached hydrogen (secondary N) is 2. The summed E-state index contributed by atoms with van der Waals surface area (Å²) in [5.74, 6) is -0.00811. The van der Waals surface area contributed by atoms with Gasteiger partial charge in [0.2, 0.25) is 15.9 Å². The van der Waals surface area contributed by atoms with Crippen molar-refractivity contribution in [3.63, 3.8) is 0 Å². The van der Waals surface area contributed by atoms with Crippen LogP contribution in [0.25, 0.3) is 0 Å². The summed E-state index contributed by atoms with van der Waals surface area (Å²) in [5.41, 5.74) is 0.814. The van der Waals surface area contributed by atoms with Gasteiger partial charge >= 0.3 is 0 Å². The van der Waals surface area contributed by atoms with Crippen molar-refractivity contribution in [2.75, 3.05) is 19.0 Å². The maximum absolute atomic E-state index is 12.1. The first-order chi connectivity index (χ1) is 11.4. The van der Waals surface area contributed by atoms with Gasteiger partial charge in [-0.25, -0.2) is 13.1 Å². The van der Waals surface area contributed by atoms with Crippen LogP contribution in [0.15, 0.2) is 53.4 Å². The van der Waals surface area contributed by atoms with E-state index >= 15 is 0 Å². The Balaban J connectivity index is 1.98. The quantitative estimate of drug-likeness (QED) is 0.824. The highest BCUT2D eigenvalue weighted by Gasteiger charge is 2.15. The molecule has 1 amide bonds. The minimum atomic E-state index is -3.80. The van der Waals surface area contributed by atoms with Gasteiger partial charge in [-0.05, 0) is 42.5 Å². The number of benzene rings is 2. The first kappa shape index (κ1) is 17.5. The lowest BCUT2D eigenvalue weighted by Gasteiger charge is -2.08. The molecule has 0 aliphatic carbocycles. The number of carbonyl (C=O) groups is 1. The monoisotopic (exact) mass is 345 g/mol. The molecule has 0 saturated heterocycles. The zero-order chi connectivity index (χ0) is 17.6. The second kappa shape index (κ2) is 7.59. The molecule has 2 aromatic rings. The van der Waals surface area contributed by atoms with Gasteiger partial charge in [0.05, 0.1) is 30.2 Å². The maximum Gasteiger partial charge on any atom is 0.241 e. The van der Waals surface area contributed by atoms with Crippen LogP contribution >= 0.6 is 0 Å². The van der Waals surface area contributed by atoms with Crippen LogP contribution in [-0.2, 0) is 14.8 Å². The van der Waals surface area contributed by atoms with E-state index in [0.717, 1.165) is 0 Å². The first-order valence-electron chi connectivity index (χ1n) is 6.88. The molecule has 0 atom stereocenters. The summed E-state index contributed by atoms with van der Waals surface area (Å²) < 4.78 is 31.4. The average Bonchev–Trinajstić information content (AvgIpc) is 2.60. The van der Waals surface area contributed by atoms with Gasteiger partial charge in [0.1, 0.15) is 5.75 Å². The molecule has 2 aromatic carbocycles. The fraction of sp³-hybridized carbons (Fsp3) is 0.125. The number of hydrogen-bond acceptors (Lipinski definition) is 5. The van der Waals surface area contributed by atoms with Gasteiger partial charge in [-0.1, -0.05) is 6.07 Å².